The van der Waals surface area contributed by atoms with Gasteiger partial charge in [-0.25, -0.2) is 4.98 Å². The van der Waals surface area contributed by atoms with Crippen LogP contribution in [0.15, 0.2) is 10.4 Å². The molecule has 3 fully saturated rings. The summed E-state index contributed by atoms with van der Waals surface area (Å²) in [5.41, 5.74) is -0.846. The van der Waals surface area contributed by atoms with Crippen molar-refractivity contribution in [2.75, 3.05) is 6.61 Å². The van der Waals surface area contributed by atoms with Crippen LogP contribution in [0.5, 0.6) is 0 Å². The third kappa shape index (κ3) is 7.04. The van der Waals surface area contributed by atoms with E-state index in [1.54, 1.807) is 19.9 Å². The lowest BCUT2D eigenvalue weighted by atomic mass is 9.71. The van der Waals surface area contributed by atoms with Crippen molar-refractivity contribution >= 4 is 40.7 Å². The Morgan fingerprint density at radius 3 is 2.66 bits per heavy atom. The molecular weight excluding hydrogens is 528 g/mol. The molecule has 1 aromatic heterocycles. The van der Waals surface area contributed by atoms with Gasteiger partial charge in [-0.15, -0.1) is 11.3 Å². The van der Waals surface area contributed by atoms with Crippen LogP contribution in [-0.2, 0) is 19.1 Å². The largest absolute Gasteiger partial charge is 0.392 e. The van der Waals surface area contributed by atoms with E-state index < -0.39 is 35.5 Å². The number of carbonyl (C=O) groups is 2. The lowest BCUT2D eigenvalue weighted by Gasteiger charge is -2.36. The van der Waals surface area contributed by atoms with Gasteiger partial charge < -0.3 is 25.0 Å². The lowest BCUT2D eigenvalue weighted by Crippen LogP contribution is -2.48. The summed E-state index contributed by atoms with van der Waals surface area (Å²) in [6.45, 7) is 9.81. The summed E-state index contributed by atoms with van der Waals surface area (Å²) < 4.78 is 11.5. The minimum atomic E-state index is -1.24. The molecule has 0 aromatic carbocycles. The zero-order valence-electron chi connectivity index (χ0n) is 22.9. The fraction of sp³-hybridized carbons (Fsp3) is 0.750. The summed E-state index contributed by atoms with van der Waals surface area (Å²) in [6, 6.07) is -0.516. The van der Waals surface area contributed by atoms with Crippen LogP contribution < -0.4 is 5.32 Å². The van der Waals surface area contributed by atoms with Gasteiger partial charge in [-0.3, -0.25) is 9.59 Å². The zero-order chi connectivity index (χ0) is 27.8. The normalized spacial score (nSPS) is 38.8. The number of rotatable bonds is 4. The number of ether oxygens (including phenoxy) is 2. The standard InChI is InChI=1S/C28H41ClN2O6S/c1-15-7-6-8-28(5)23(37-28)11-21(20(29)9-17-14-38-16(2)30-17)31-24(33)12-22(32)27(3,4)26(35)19(25(15)34)10-18-13-36-18/h9,14-15,18-19,21-23,25,32,34H,6-8,10-13H2,1-5H3,(H,31,33). The molecule has 0 aliphatic carbocycles. The molecule has 1 amide bonds. The molecule has 38 heavy (non-hydrogen) atoms. The van der Waals surface area contributed by atoms with E-state index in [4.69, 9.17) is 21.1 Å². The summed E-state index contributed by atoms with van der Waals surface area (Å²) in [5.74, 6) is -1.44. The van der Waals surface area contributed by atoms with Crippen molar-refractivity contribution < 1.29 is 29.3 Å². The average molecular weight is 569 g/mol. The Hall–Kier alpha value is -1.36. The van der Waals surface area contributed by atoms with E-state index in [0.717, 1.165) is 30.0 Å². The number of epoxide rings is 2. The molecule has 8 unspecified atom stereocenters. The van der Waals surface area contributed by atoms with Crippen LogP contribution >= 0.6 is 22.9 Å². The highest BCUT2D eigenvalue weighted by Gasteiger charge is 2.53. The molecule has 8 atom stereocenters. The van der Waals surface area contributed by atoms with Gasteiger partial charge in [0, 0.05) is 22.8 Å². The van der Waals surface area contributed by atoms with Gasteiger partial charge in [0.25, 0.3) is 0 Å². The number of Topliss-reactive ketones (excluding diaryl/α,β-unsaturated/α-hetero) is 1. The number of nitrogens with one attached hydrogen (secondary N) is 1. The second-order valence-corrected chi connectivity index (χ2v) is 13.6. The number of aromatic nitrogens is 1. The molecule has 8 nitrogen and oxygen atoms in total. The molecule has 3 aliphatic heterocycles. The fourth-order valence-corrected chi connectivity index (χ4v) is 6.33. The Bertz CT molecular complexity index is 1060. The maximum Gasteiger partial charge on any atom is 0.223 e. The Labute approximate surface area is 234 Å². The Balaban J connectivity index is 1.58. The first-order chi connectivity index (χ1) is 17.8. The van der Waals surface area contributed by atoms with E-state index in [-0.39, 0.29) is 35.9 Å². The number of halogens is 1. The van der Waals surface area contributed by atoms with Gasteiger partial charge in [-0.05, 0) is 45.1 Å². The van der Waals surface area contributed by atoms with Crippen LogP contribution in [0.3, 0.4) is 0 Å². The molecule has 4 heterocycles. The number of thiazole rings is 1. The Morgan fingerprint density at radius 1 is 1.32 bits per heavy atom. The van der Waals surface area contributed by atoms with Gasteiger partial charge >= 0.3 is 0 Å². The molecule has 0 spiro atoms. The molecule has 3 N–H and O–H groups in total. The quantitative estimate of drug-likeness (QED) is 0.469. The molecule has 0 radical (unpaired) electrons. The molecule has 0 saturated carbocycles. The summed E-state index contributed by atoms with van der Waals surface area (Å²) in [4.78, 5) is 31.3. The van der Waals surface area contributed by atoms with Crippen LogP contribution in [0.1, 0.15) is 76.9 Å². The number of ketones is 1. The monoisotopic (exact) mass is 568 g/mol. The highest BCUT2D eigenvalue weighted by Crippen LogP contribution is 2.45. The van der Waals surface area contributed by atoms with Gasteiger partial charge in [0.1, 0.15) is 5.78 Å². The summed E-state index contributed by atoms with van der Waals surface area (Å²) in [5, 5.41) is 28.6. The number of aryl methyl sites for hydroxylation is 1. The van der Waals surface area contributed by atoms with E-state index in [0.29, 0.717) is 24.5 Å². The lowest BCUT2D eigenvalue weighted by molar-refractivity contribution is -0.144. The molecule has 3 saturated heterocycles. The maximum absolute atomic E-state index is 13.7. The van der Waals surface area contributed by atoms with E-state index in [1.807, 2.05) is 19.2 Å². The van der Waals surface area contributed by atoms with Crippen LogP contribution in [-0.4, -0.2) is 69.6 Å². The van der Waals surface area contributed by atoms with Crippen molar-refractivity contribution in [2.45, 2.75) is 109 Å². The van der Waals surface area contributed by atoms with Gasteiger partial charge in [-0.1, -0.05) is 38.8 Å². The number of aliphatic hydroxyl groups is 2. The summed E-state index contributed by atoms with van der Waals surface area (Å²) in [7, 11) is 0. The third-order valence-corrected chi connectivity index (χ3v) is 9.67. The SMILES string of the molecule is Cc1nc(C=C(Cl)C2CC3OC3(C)CCCC(C)C(O)C(CC3CO3)C(=O)C(C)(C)C(O)CC(=O)N2)cs1. The molecule has 4 rings (SSSR count). The first kappa shape index (κ1) is 29.6. The van der Waals surface area contributed by atoms with Gasteiger partial charge in [0.05, 0.1) is 65.2 Å². The van der Waals surface area contributed by atoms with Crippen LogP contribution in [0, 0.1) is 24.2 Å². The number of aliphatic hydroxyl groups excluding tert-OH is 2. The van der Waals surface area contributed by atoms with Crippen molar-refractivity contribution in [1.29, 1.82) is 0 Å². The second kappa shape index (κ2) is 11.6. The number of nitrogens with zero attached hydrogens (tertiary/aromatic N) is 1. The zero-order valence-corrected chi connectivity index (χ0v) is 24.5. The smallest absolute Gasteiger partial charge is 0.223 e. The molecule has 0 bridgehead atoms. The van der Waals surface area contributed by atoms with E-state index in [9.17, 15) is 19.8 Å². The minimum Gasteiger partial charge on any atom is -0.392 e. The van der Waals surface area contributed by atoms with Crippen LogP contribution in [0.25, 0.3) is 6.08 Å². The van der Waals surface area contributed by atoms with E-state index in [1.165, 1.54) is 11.3 Å². The molecule has 1 aromatic rings. The van der Waals surface area contributed by atoms with Gasteiger partial charge in [0.2, 0.25) is 5.91 Å². The molecule has 3 aliphatic rings. The predicted molar refractivity (Wildman–Crippen MR) is 147 cm³/mol. The first-order valence-electron chi connectivity index (χ1n) is 13.6. The van der Waals surface area contributed by atoms with Gasteiger partial charge in [-0.2, -0.15) is 0 Å². The molecule has 212 valence electrons. The van der Waals surface area contributed by atoms with Crippen LogP contribution in [0.2, 0.25) is 0 Å². The summed E-state index contributed by atoms with van der Waals surface area (Å²) >= 11 is 8.24. The van der Waals surface area contributed by atoms with Crippen molar-refractivity contribution in [3.63, 3.8) is 0 Å². The second-order valence-electron chi connectivity index (χ2n) is 12.1. The summed E-state index contributed by atoms with van der Waals surface area (Å²) in [6.07, 6.45) is 2.54. The number of amides is 1. The highest BCUT2D eigenvalue weighted by molar-refractivity contribution is 7.09. The van der Waals surface area contributed by atoms with Crippen molar-refractivity contribution in [3.05, 3.63) is 21.1 Å². The van der Waals surface area contributed by atoms with Gasteiger partial charge in [0.15, 0.2) is 0 Å². The molecule has 10 heteroatoms. The maximum atomic E-state index is 13.7. The molecular formula is C28H41ClN2O6S. The predicted octanol–water partition coefficient (Wildman–Crippen LogP) is 4.00. The van der Waals surface area contributed by atoms with E-state index in [2.05, 4.69) is 17.2 Å². The first-order valence-corrected chi connectivity index (χ1v) is 14.8. The average Bonchev–Trinajstić information content (AvgIpc) is 3.74. The van der Waals surface area contributed by atoms with Crippen molar-refractivity contribution in [3.8, 4) is 0 Å². The third-order valence-electron chi connectivity index (χ3n) is 8.51. The number of hydrogen-bond donors (Lipinski definition) is 3. The Kier molecular flexibility index (Phi) is 9.06. The number of carbonyl (C=O) groups excluding carboxylic acids is 2. The number of hydrogen-bond acceptors (Lipinski definition) is 8. The fourth-order valence-electron chi connectivity index (χ4n) is 5.51. The number of fused-ring (bicyclic) bond motifs is 1. The van der Waals surface area contributed by atoms with Crippen molar-refractivity contribution in [2.24, 2.45) is 17.3 Å². The minimum absolute atomic E-state index is 0.0524. The van der Waals surface area contributed by atoms with E-state index >= 15 is 0 Å². The Morgan fingerprint density at radius 2 is 2.03 bits per heavy atom. The van der Waals surface area contributed by atoms with Crippen molar-refractivity contribution in [1.82, 2.24) is 10.3 Å². The highest BCUT2D eigenvalue weighted by atomic mass is 35.5. The topological polar surface area (TPSA) is 125 Å². The van der Waals surface area contributed by atoms with Crippen LogP contribution in [0.4, 0.5) is 0 Å².